The molecule has 3 heterocycles. The van der Waals surface area contributed by atoms with Crippen molar-refractivity contribution in [3.63, 3.8) is 0 Å². The highest BCUT2D eigenvalue weighted by atomic mass is 16.2. The molecule has 140 valence electrons. The molecular weight excluding hydrogens is 328 g/mol. The Morgan fingerprint density at radius 2 is 2.04 bits per heavy atom. The van der Waals surface area contributed by atoms with Crippen LogP contribution in [-0.2, 0) is 17.6 Å². The molecule has 1 spiro atoms. The number of carbonyl (C=O) groups is 2. The zero-order valence-corrected chi connectivity index (χ0v) is 15.6. The molecule has 1 aliphatic carbocycles. The van der Waals surface area contributed by atoms with Crippen molar-refractivity contribution < 1.29 is 9.59 Å². The topological polar surface area (TPSA) is 65.5 Å². The molecule has 4 rings (SSSR count). The molecule has 1 aromatic heterocycles. The Hall–Kier alpha value is -1.95. The van der Waals surface area contributed by atoms with E-state index in [1.54, 1.807) is 6.20 Å². The van der Waals surface area contributed by atoms with Gasteiger partial charge in [-0.05, 0) is 57.2 Å². The maximum Gasteiger partial charge on any atom is 0.255 e. The van der Waals surface area contributed by atoms with Gasteiger partial charge in [0.15, 0.2) is 0 Å². The normalized spacial score (nSPS) is 27.0. The summed E-state index contributed by atoms with van der Waals surface area (Å²) >= 11 is 0. The molecule has 2 fully saturated rings. The Morgan fingerprint density at radius 1 is 1.19 bits per heavy atom. The molecular formula is C20H28N4O2. The van der Waals surface area contributed by atoms with Crippen LogP contribution in [0.25, 0.3) is 0 Å². The fraction of sp³-hybridized carbons (Fsp3) is 0.650. The molecule has 0 saturated carbocycles. The first kappa shape index (κ1) is 17.5. The molecule has 0 bridgehead atoms. The second kappa shape index (κ2) is 6.99. The Kier molecular flexibility index (Phi) is 4.69. The van der Waals surface area contributed by atoms with E-state index in [1.165, 1.54) is 18.4 Å². The predicted octanol–water partition coefficient (Wildman–Crippen LogP) is 1.39. The lowest BCUT2D eigenvalue weighted by Gasteiger charge is -2.49. The molecule has 3 aliphatic rings. The van der Waals surface area contributed by atoms with Crippen LogP contribution in [0.3, 0.4) is 0 Å². The predicted molar refractivity (Wildman–Crippen MR) is 99.0 cm³/mol. The number of amides is 2. The van der Waals surface area contributed by atoms with Crippen LogP contribution in [0, 0.1) is 0 Å². The number of hydrogen-bond acceptors (Lipinski definition) is 4. The number of likely N-dealkylation sites (N-methyl/N-ethyl adjacent to an activating group) is 1. The van der Waals surface area contributed by atoms with Gasteiger partial charge >= 0.3 is 0 Å². The van der Waals surface area contributed by atoms with Gasteiger partial charge in [0, 0.05) is 50.0 Å². The van der Waals surface area contributed by atoms with Crippen molar-refractivity contribution in [1.82, 2.24) is 20.1 Å². The van der Waals surface area contributed by atoms with Gasteiger partial charge in [0.05, 0.1) is 5.56 Å². The summed E-state index contributed by atoms with van der Waals surface area (Å²) in [6.07, 6.45) is 8.43. The fourth-order valence-electron chi connectivity index (χ4n) is 4.66. The third-order valence-corrected chi connectivity index (χ3v) is 6.43. The number of nitrogens with zero attached hydrogens (tertiary/aromatic N) is 3. The summed E-state index contributed by atoms with van der Waals surface area (Å²) in [5, 5.41) is 2.97. The first-order valence-corrected chi connectivity index (χ1v) is 9.82. The molecule has 1 aromatic rings. The van der Waals surface area contributed by atoms with Gasteiger partial charge in [-0.3, -0.25) is 19.5 Å². The molecule has 0 radical (unpaired) electrons. The van der Waals surface area contributed by atoms with Crippen molar-refractivity contribution in [1.29, 1.82) is 0 Å². The van der Waals surface area contributed by atoms with Gasteiger partial charge in [-0.1, -0.05) is 0 Å². The van der Waals surface area contributed by atoms with E-state index in [0.717, 1.165) is 44.5 Å². The molecule has 1 N–H and O–H groups in total. The molecule has 2 amide bonds. The Balaban J connectivity index is 1.54. The molecule has 26 heavy (non-hydrogen) atoms. The van der Waals surface area contributed by atoms with Crippen molar-refractivity contribution in [2.45, 2.75) is 50.5 Å². The zero-order valence-electron chi connectivity index (χ0n) is 15.6. The highest BCUT2D eigenvalue weighted by molar-refractivity contribution is 5.94. The van der Waals surface area contributed by atoms with Gasteiger partial charge in [0.2, 0.25) is 5.91 Å². The quantitative estimate of drug-likeness (QED) is 0.826. The van der Waals surface area contributed by atoms with Gasteiger partial charge in [-0.2, -0.15) is 0 Å². The molecule has 0 unspecified atom stereocenters. The molecule has 6 nitrogen and oxygen atoms in total. The first-order valence-electron chi connectivity index (χ1n) is 9.82. The first-order chi connectivity index (χ1) is 12.6. The number of hydrogen-bond donors (Lipinski definition) is 1. The van der Waals surface area contributed by atoms with Gasteiger partial charge in [-0.15, -0.1) is 0 Å². The third kappa shape index (κ3) is 3.22. The third-order valence-electron chi connectivity index (χ3n) is 6.43. The fourth-order valence-corrected chi connectivity index (χ4v) is 4.66. The smallest absolute Gasteiger partial charge is 0.255 e. The molecule has 2 saturated heterocycles. The van der Waals surface area contributed by atoms with Crippen LogP contribution in [-0.4, -0.2) is 65.4 Å². The van der Waals surface area contributed by atoms with E-state index in [1.807, 2.05) is 4.90 Å². The molecule has 6 heteroatoms. The molecule has 0 aromatic carbocycles. The Bertz CT molecular complexity index is 720. The summed E-state index contributed by atoms with van der Waals surface area (Å²) in [4.78, 5) is 33.8. The average molecular weight is 356 g/mol. The average Bonchev–Trinajstić information content (AvgIpc) is 2.85. The summed E-state index contributed by atoms with van der Waals surface area (Å²) in [5.41, 5.74) is 3.02. The van der Waals surface area contributed by atoms with E-state index in [-0.39, 0.29) is 17.4 Å². The van der Waals surface area contributed by atoms with E-state index in [0.29, 0.717) is 25.1 Å². The van der Waals surface area contributed by atoms with Crippen molar-refractivity contribution in [3.05, 3.63) is 29.1 Å². The number of aromatic nitrogens is 1. The number of fused-ring (bicyclic) bond motifs is 1. The number of piperazine rings is 1. The second-order valence-electron chi connectivity index (χ2n) is 8.01. The van der Waals surface area contributed by atoms with Crippen LogP contribution < -0.4 is 5.32 Å². The highest BCUT2D eigenvalue weighted by Crippen LogP contribution is 2.31. The van der Waals surface area contributed by atoms with E-state index in [4.69, 9.17) is 0 Å². The lowest BCUT2D eigenvalue weighted by molar-refractivity contribution is -0.121. The van der Waals surface area contributed by atoms with Crippen LogP contribution in [0.5, 0.6) is 0 Å². The van der Waals surface area contributed by atoms with Crippen LogP contribution in [0.15, 0.2) is 12.3 Å². The second-order valence-corrected chi connectivity index (χ2v) is 8.01. The van der Waals surface area contributed by atoms with E-state index < -0.39 is 0 Å². The minimum Gasteiger partial charge on any atom is -0.356 e. The summed E-state index contributed by atoms with van der Waals surface area (Å²) < 4.78 is 0. The van der Waals surface area contributed by atoms with Gasteiger partial charge in [0.25, 0.3) is 5.91 Å². The molecule has 2 aliphatic heterocycles. The van der Waals surface area contributed by atoms with Gasteiger partial charge in [-0.25, -0.2) is 0 Å². The number of nitrogens with one attached hydrogen (secondary N) is 1. The minimum absolute atomic E-state index is 0.0851. The maximum atomic E-state index is 13.2. The number of pyridine rings is 1. The van der Waals surface area contributed by atoms with Gasteiger partial charge in [0.1, 0.15) is 0 Å². The molecule has 1 atom stereocenters. The SMILES string of the molecule is CN1CCN(C(=O)c2cnc3c(c2)CCCC3)C[C@@]12CCNC(=O)CC2. The number of rotatable bonds is 1. The van der Waals surface area contributed by atoms with Crippen molar-refractivity contribution in [2.24, 2.45) is 0 Å². The van der Waals surface area contributed by atoms with Crippen molar-refractivity contribution >= 4 is 11.8 Å². The Labute approximate surface area is 155 Å². The highest BCUT2D eigenvalue weighted by Gasteiger charge is 2.42. The Morgan fingerprint density at radius 3 is 2.92 bits per heavy atom. The van der Waals surface area contributed by atoms with Crippen molar-refractivity contribution in [2.75, 3.05) is 33.2 Å². The van der Waals surface area contributed by atoms with Crippen molar-refractivity contribution in [3.8, 4) is 0 Å². The number of carbonyl (C=O) groups excluding carboxylic acids is 2. The summed E-state index contributed by atoms with van der Waals surface area (Å²) in [6.45, 7) is 2.95. The monoisotopic (exact) mass is 356 g/mol. The number of aryl methyl sites for hydroxylation is 2. The van der Waals surface area contributed by atoms with Gasteiger partial charge < -0.3 is 10.2 Å². The lowest BCUT2D eigenvalue weighted by atomic mass is 9.86. The maximum absolute atomic E-state index is 13.2. The van der Waals surface area contributed by atoms with Crippen LogP contribution >= 0.6 is 0 Å². The van der Waals surface area contributed by atoms with Crippen LogP contribution in [0.4, 0.5) is 0 Å². The van der Waals surface area contributed by atoms with E-state index in [9.17, 15) is 9.59 Å². The summed E-state index contributed by atoms with van der Waals surface area (Å²) in [7, 11) is 2.12. The largest absolute Gasteiger partial charge is 0.356 e. The lowest BCUT2D eigenvalue weighted by Crippen LogP contribution is -2.62. The van der Waals surface area contributed by atoms with Crippen LogP contribution in [0.1, 0.15) is 53.7 Å². The zero-order chi connectivity index (χ0) is 18.1. The van der Waals surface area contributed by atoms with E-state index >= 15 is 0 Å². The standard InChI is InChI=1S/C20H28N4O2/c1-23-10-11-24(14-20(23)7-6-18(25)21-9-8-20)19(26)16-12-15-4-2-3-5-17(15)22-13-16/h12-13H,2-11,14H2,1H3,(H,21,25)/t20-/m1/s1. The summed E-state index contributed by atoms with van der Waals surface area (Å²) in [5.74, 6) is 0.208. The van der Waals surface area contributed by atoms with Crippen LogP contribution in [0.2, 0.25) is 0 Å². The van der Waals surface area contributed by atoms with E-state index in [2.05, 4.69) is 28.3 Å². The minimum atomic E-state index is -0.102. The summed E-state index contributed by atoms with van der Waals surface area (Å²) in [6, 6.07) is 2.06.